The fourth-order valence-electron chi connectivity index (χ4n) is 1.81. The van der Waals surface area contributed by atoms with Gasteiger partial charge in [-0.15, -0.1) is 5.10 Å². The van der Waals surface area contributed by atoms with Gasteiger partial charge >= 0.3 is 0 Å². The van der Waals surface area contributed by atoms with E-state index in [0.717, 1.165) is 23.7 Å². The number of carbonyl (C=O) groups excluding carboxylic acids is 1. The lowest BCUT2D eigenvalue weighted by Gasteiger charge is -2.15. The molecule has 0 atom stereocenters. The van der Waals surface area contributed by atoms with Gasteiger partial charge in [-0.3, -0.25) is 4.79 Å². The lowest BCUT2D eigenvalue weighted by Crippen LogP contribution is -2.22. The summed E-state index contributed by atoms with van der Waals surface area (Å²) in [7, 11) is -1.07. The molecule has 0 saturated carbocycles. The van der Waals surface area contributed by atoms with Gasteiger partial charge in [-0.25, -0.2) is 4.68 Å². The predicted molar refractivity (Wildman–Crippen MR) is 81.6 cm³/mol. The number of ether oxygens (including phenoxy) is 1. The van der Waals surface area contributed by atoms with E-state index in [-0.39, 0.29) is 5.78 Å². The number of Topliss-reactive ketones (excluding diaryl/α,β-unsaturated/α-hetero) is 1. The van der Waals surface area contributed by atoms with E-state index in [4.69, 9.17) is 4.74 Å². The van der Waals surface area contributed by atoms with Crippen LogP contribution >= 0.6 is 0 Å². The van der Waals surface area contributed by atoms with Crippen molar-refractivity contribution >= 4 is 24.9 Å². The van der Waals surface area contributed by atoms with Gasteiger partial charge in [0.25, 0.3) is 0 Å². The number of ketones is 1. The Morgan fingerprint density at radius 2 is 2.10 bits per heavy atom. The van der Waals surface area contributed by atoms with Gasteiger partial charge in [0.05, 0.1) is 5.52 Å². The second-order valence-corrected chi connectivity index (χ2v) is 11.8. The Balaban J connectivity index is 2.06. The molecule has 0 unspecified atom stereocenters. The maximum Gasteiger partial charge on any atom is 0.159 e. The molecule has 0 bridgehead atoms. The summed E-state index contributed by atoms with van der Waals surface area (Å²) in [5.41, 5.74) is 2.29. The normalized spacial score (nSPS) is 12.0. The van der Waals surface area contributed by atoms with E-state index in [1.54, 1.807) is 17.7 Å². The Labute approximate surface area is 119 Å². The second kappa shape index (κ2) is 5.84. The summed E-state index contributed by atoms with van der Waals surface area (Å²) in [5.74, 6) is 0.0410. The third kappa shape index (κ3) is 3.74. The minimum Gasteiger partial charge on any atom is -0.359 e. The van der Waals surface area contributed by atoms with Crippen LogP contribution in [0.5, 0.6) is 0 Å². The molecule has 108 valence electrons. The van der Waals surface area contributed by atoms with E-state index in [2.05, 4.69) is 30.0 Å². The largest absolute Gasteiger partial charge is 0.359 e. The Kier molecular flexibility index (Phi) is 4.34. The Morgan fingerprint density at radius 1 is 1.35 bits per heavy atom. The van der Waals surface area contributed by atoms with Crippen LogP contribution in [0.4, 0.5) is 0 Å². The third-order valence-corrected chi connectivity index (χ3v) is 4.83. The van der Waals surface area contributed by atoms with Gasteiger partial charge in [0.15, 0.2) is 5.78 Å². The highest BCUT2D eigenvalue weighted by molar-refractivity contribution is 6.76. The van der Waals surface area contributed by atoms with Gasteiger partial charge < -0.3 is 4.74 Å². The number of fused-ring (bicyclic) bond motifs is 1. The first-order chi connectivity index (χ1) is 9.37. The molecule has 0 aliphatic carbocycles. The van der Waals surface area contributed by atoms with Crippen LogP contribution in [-0.2, 0) is 11.5 Å². The zero-order valence-electron chi connectivity index (χ0n) is 12.5. The van der Waals surface area contributed by atoms with Crippen LogP contribution in [0.25, 0.3) is 11.0 Å². The Hall–Kier alpha value is -1.53. The number of rotatable bonds is 6. The van der Waals surface area contributed by atoms with E-state index in [1.807, 2.05) is 12.1 Å². The van der Waals surface area contributed by atoms with Gasteiger partial charge in [-0.05, 0) is 31.2 Å². The van der Waals surface area contributed by atoms with Crippen LogP contribution in [0.2, 0.25) is 25.7 Å². The SMILES string of the molecule is CC(=O)c1ccc2nnn(COCC[Si](C)(C)C)c2c1. The molecule has 0 N–H and O–H groups in total. The molecule has 2 rings (SSSR count). The van der Waals surface area contributed by atoms with E-state index in [9.17, 15) is 4.79 Å². The third-order valence-electron chi connectivity index (χ3n) is 3.13. The molecular formula is C14H21N3O2Si. The van der Waals surface area contributed by atoms with Crippen molar-refractivity contribution in [1.29, 1.82) is 0 Å². The Bertz CT molecular complexity index is 616. The van der Waals surface area contributed by atoms with Crippen molar-refractivity contribution in [3.63, 3.8) is 0 Å². The molecule has 1 heterocycles. The lowest BCUT2D eigenvalue weighted by atomic mass is 10.1. The highest BCUT2D eigenvalue weighted by Gasteiger charge is 2.12. The quantitative estimate of drug-likeness (QED) is 0.466. The lowest BCUT2D eigenvalue weighted by molar-refractivity contribution is 0.0802. The zero-order valence-corrected chi connectivity index (χ0v) is 13.5. The summed E-state index contributed by atoms with van der Waals surface area (Å²) in [6, 6.07) is 6.53. The topological polar surface area (TPSA) is 57.0 Å². The van der Waals surface area contributed by atoms with Crippen molar-refractivity contribution in [2.75, 3.05) is 6.61 Å². The minimum absolute atomic E-state index is 0.0410. The van der Waals surface area contributed by atoms with Gasteiger partial charge in [0.2, 0.25) is 0 Å². The fraction of sp³-hybridized carbons (Fsp3) is 0.500. The standard InChI is InChI=1S/C14H21N3O2Si/c1-11(18)12-5-6-13-14(9-12)17(16-15-13)10-19-7-8-20(2,3)4/h5-6,9H,7-8,10H2,1-4H3. The number of benzene rings is 1. The van der Waals surface area contributed by atoms with Crippen molar-refractivity contribution in [1.82, 2.24) is 15.0 Å². The molecule has 6 heteroatoms. The first-order valence-corrected chi connectivity index (χ1v) is 10.5. The summed E-state index contributed by atoms with van der Waals surface area (Å²) in [4.78, 5) is 11.4. The molecule has 2 aromatic rings. The first-order valence-electron chi connectivity index (χ1n) is 6.79. The maximum absolute atomic E-state index is 11.4. The number of carbonyl (C=O) groups is 1. The van der Waals surface area contributed by atoms with Crippen molar-refractivity contribution in [3.05, 3.63) is 23.8 Å². The van der Waals surface area contributed by atoms with E-state index in [1.165, 1.54) is 0 Å². The summed E-state index contributed by atoms with van der Waals surface area (Å²) in [6.45, 7) is 9.63. The maximum atomic E-state index is 11.4. The van der Waals surface area contributed by atoms with Crippen molar-refractivity contribution in [3.8, 4) is 0 Å². The molecule has 0 aliphatic rings. The van der Waals surface area contributed by atoms with Crippen LogP contribution in [0.1, 0.15) is 17.3 Å². The van der Waals surface area contributed by atoms with E-state index in [0.29, 0.717) is 12.3 Å². The molecule has 0 radical (unpaired) electrons. The van der Waals surface area contributed by atoms with Crippen LogP contribution in [0.3, 0.4) is 0 Å². The van der Waals surface area contributed by atoms with Crippen LogP contribution in [-0.4, -0.2) is 35.5 Å². The molecule has 1 aromatic heterocycles. The summed E-state index contributed by atoms with van der Waals surface area (Å²) >= 11 is 0. The van der Waals surface area contributed by atoms with Crippen molar-refractivity contribution < 1.29 is 9.53 Å². The van der Waals surface area contributed by atoms with Crippen LogP contribution in [0.15, 0.2) is 18.2 Å². The number of hydrogen-bond acceptors (Lipinski definition) is 4. The second-order valence-electron chi connectivity index (χ2n) is 6.20. The molecule has 0 aliphatic heterocycles. The van der Waals surface area contributed by atoms with Crippen molar-refractivity contribution in [2.45, 2.75) is 39.3 Å². The predicted octanol–water partition coefficient (Wildman–Crippen LogP) is 2.95. The van der Waals surface area contributed by atoms with Crippen LogP contribution < -0.4 is 0 Å². The van der Waals surface area contributed by atoms with Crippen molar-refractivity contribution in [2.24, 2.45) is 0 Å². The van der Waals surface area contributed by atoms with Crippen LogP contribution in [0, 0.1) is 0 Å². The van der Waals surface area contributed by atoms with E-state index < -0.39 is 8.07 Å². The number of nitrogens with zero attached hydrogens (tertiary/aromatic N) is 3. The molecule has 0 amide bonds. The summed E-state index contributed by atoms with van der Waals surface area (Å²) in [6.07, 6.45) is 0. The number of aromatic nitrogens is 3. The summed E-state index contributed by atoms with van der Waals surface area (Å²) < 4.78 is 7.37. The molecular weight excluding hydrogens is 270 g/mol. The molecule has 1 aromatic carbocycles. The molecule has 0 spiro atoms. The van der Waals surface area contributed by atoms with Gasteiger partial charge in [-0.1, -0.05) is 24.9 Å². The van der Waals surface area contributed by atoms with Gasteiger partial charge in [0.1, 0.15) is 12.2 Å². The van der Waals surface area contributed by atoms with Gasteiger partial charge in [0, 0.05) is 20.2 Å². The van der Waals surface area contributed by atoms with Gasteiger partial charge in [-0.2, -0.15) is 0 Å². The zero-order chi connectivity index (χ0) is 14.8. The summed E-state index contributed by atoms with van der Waals surface area (Å²) in [5, 5.41) is 8.15. The minimum atomic E-state index is -1.07. The molecule has 5 nitrogen and oxygen atoms in total. The molecule has 0 fully saturated rings. The highest BCUT2D eigenvalue weighted by Crippen LogP contribution is 2.14. The number of hydrogen-bond donors (Lipinski definition) is 0. The average molecular weight is 291 g/mol. The van der Waals surface area contributed by atoms with E-state index >= 15 is 0 Å². The Morgan fingerprint density at radius 3 is 2.75 bits per heavy atom. The fourth-order valence-corrected chi connectivity index (χ4v) is 2.57. The average Bonchev–Trinajstić information content (AvgIpc) is 2.76. The monoisotopic (exact) mass is 291 g/mol. The molecule has 20 heavy (non-hydrogen) atoms. The molecule has 0 saturated heterocycles. The highest BCUT2D eigenvalue weighted by atomic mass is 28.3. The first kappa shape index (κ1) is 14.9. The smallest absolute Gasteiger partial charge is 0.159 e.